The Morgan fingerprint density at radius 3 is 1.95 bits per heavy atom. The minimum Gasteiger partial charge on any atom is -0.401 e. The molecule has 0 saturated heterocycles. The molecular weight excluding hydrogens is 1200 g/mol. The van der Waals surface area contributed by atoms with Crippen molar-refractivity contribution in [1.29, 1.82) is 0 Å². The molecule has 10 aromatic rings. The lowest BCUT2D eigenvalue weighted by Gasteiger charge is -2.35. The average molecular weight is 1270 g/mol. The Bertz CT molecular complexity index is 4870. The third kappa shape index (κ3) is 9.73. The molecule has 10 heteroatoms. The van der Waals surface area contributed by atoms with Gasteiger partial charge in [0.1, 0.15) is 15.0 Å². The van der Waals surface area contributed by atoms with E-state index < -0.39 is 0 Å². The zero-order chi connectivity index (χ0) is 61.0. The van der Waals surface area contributed by atoms with Gasteiger partial charge in [0, 0.05) is 66.9 Å². The topological polar surface area (TPSA) is 72.9 Å². The summed E-state index contributed by atoms with van der Waals surface area (Å²) < 4.78 is 6.34. The molecule has 0 amide bonds. The average Bonchev–Trinajstić information content (AvgIpc) is 1.54. The van der Waals surface area contributed by atoms with Gasteiger partial charge < -0.3 is 15.2 Å². The Morgan fingerprint density at radius 2 is 1.28 bits per heavy atom. The predicted molar refractivity (Wildman–Crippen MR) is 391 cm³/mol. The fourth-order valence-electron chi connectivity index (χ4n) is 15.7. The molecule has 6 nitrogen and oxygen atoms in total. The number of para-hydroxylation sites is 3. The highest BCUT2D eigenvalue weighted by Gasteiger charge is 2.54. The quantitative estimate of drug-likeness (QED) is 0.124. The zero-order valence-corrected chi connectivity index (χ0v) is 54.6. The van der Waals surface area contributed by atoms with Gasteiger partial charge in [-0.1, -0.05) is 146 Å². The highest BCUT2D eigenvalue weighted by atomic mass is 32.2. The van der Waals surface area contributed by atoms with Crippen LogP contribution in [0.15, 0.2) is 247 Å². The molecule has 7 aliphatic carbocycles. The fourth-order valence-corrected chi connectivity index (χ4v) is 19.9. The summed E-state index contributed by atoms with van der Waals surface area (Å²) in [5.74, 6) is 0.461. The second kappa shape index (κ2) is 22.9. The SMILES string of the molecule is CC(SC1CCCC=C1N)c1cc(C2=CC=C(N3C(c4c(-c5ccccc5)c5c(n4C4=CC6CC6(c6cc(-c7nc8ccccc8s7)cc(-c7nc8ccccc8s7)c6)C=C4)C=CCC5)=C(C4=CC=CCC4)C4C=CC=CC43)CC2)cc(-c2nc3ccccc3s2)c1. The molecule has 2 N–H and O–H groups in total. The van der Waals surface area contributed by atoms with Crippen molar-refractivity contribution in [2.45, 2.75) is 93.1 Å². The molecule has 0 bridgehead atoms. The van der Waals surface area contributed by atoms with E-state index >= 15 is 0 Å². The van der Waals surface area contributed by atoms with Crippen LogP contribution in [-0.2, 0) is 11.8 Å². The van der Waals surface area contributed by atoms with Crippen molar-refractivity contribution in [2.75, 3.05) is 0 Å². The van der Waals surface area contributed by atoms with Gasteiger partial charge in [0.15, 0.2) is 0 Å². The number of thiazole rings is 3. The minimum absolute atomic E-state index is 0.102. The summed E-state index contributed by atoms with van der Waals surface area (Å²) in [5.41, 5.74) is 33.0. The summed E-state index contributed by atoms with van der Waals surface area (Å²) in [4.78, 5) is 18.5. The van der Waals surface area contributed by atoms with Crippen LogP contribution in [-0.4, -0.2) is 35.7 Å². The van der Waals surface area contributed by atoms with Gasteiger partial charge in [-0.3, -0.25) is 0 Å². The second-order valence-electron chi connectivity index (χ2n) is 25.9. The Labute approximate surface area is 554 Å². The molecule has 1 saturated carbocycles. The Balaban J connectivity index is 0.785. The molecule has 92 heavy (non-hydrogen) atoms. The van der Waals surface area contributed by atoms with E-state index in [-0.39, 0.29) is 22.6 Å². The van der Waals surface area contributed by atoms with E-state index in [0.717, 1.165) is 106 Å². The van der Waals surface area contributed by atoms with Crippen molar-refractivity contribution in [1.82, 2.24) is 24.4 Å². The molecule has 5 heterocycles. The standard InChI is InChI=1S/C82H68N6S4/c1-50(89-71-32-16-10-26-65(71)83)54-42-55(44-56(43-54)79-84-66-27-11-17-33-72(66)90-79)51-36-38-61(39-37-51)87-69-30-14-8-24-63(69)75(52-20-4-2-5-21-52)77(87)78-76(53-22-6-3-7-23-53)64-25-9-15-31-70(64)88(78)62-40-41-82(49-60(82)48-62)59-46-57(80-85-67-28-12-18-34-73(67)91-80)45-58(47-59)81-86-68-29-13-19-35-74(68)92-81/h2-4,6-8,11-15,17-20,22-24,26-31,33-36,38,40-48,50,60,63,69,71H,5,9-10,16,21,25,32,37,39,49,83H2,1H3. The molecule has 18 rings (SSSR count). The summed E-state index contributed by atoms with van der Waals surface area (Å²) in [6, 6.07) is 51.6. The number of thioether (sulfide) groups is 1. The smallest absolute Gasteiger partial charge is 0.124 e. The highest BCUT2D eigenvalue weighted by Crippen LogP contribution is 2.62. The van der Waals surface area contributed by atoms with E-state index in [1.807, 2.05) is 11.8 Å². The molecular formula is C82H68N6S4. The lowest BCUT2D eigenvalue weighted by atomic mass is 9.83. The number of nitrogens with two attached hydrogens (primary N) is 1. The minimum atomic E-state index is -0.163. The molecule has 450 valence electrons. The maximum atomic E-state index is 6.70. The third-order valence-corrected chi connectivity index (χ3v) is 25.2. The van der Waals surface area contributed by atoms with Crippen LogP contribution in [0.25, 0.3) is 96.5 Å². The van der Waals surface area contributed by atoms with Crippen molar-refractivity contribution < 1.29 is 0 Å². The maximum absolute atomic E-state index is 6.70. The maximum Gasteiger partial charge on any atom is 0.124 e. The molecule has 6 atom stereocenters. The van der Waals surface area contributed by atoms with Crippen LogP contribution in [0.2, 0.25) is 0 Å². The summed E-state index contributed by atoms with van der Waals surface area (Å²) >= 11 is 7.36. The fraction of sp³-hybridized carbons (Fsp3) is 0.207. The molecule has 1 fully saturated rings. The van der Waals surface area contributed by atoms with Crippen molar-refractivity contribution >= 4 is 99.5 Å². The number of rotatable bonds is 13. The second-order valence-corrected chi connectivity index (χ2v) is 30.6. The predicted octanol–water partition coefficient (Wildman–Crippen LogP) is 21.7. The molecule has 0 spiro atoms. The number of allylic oxidation sites excluding steroid dienone is 16. The lowest BCUT2D eigenvalue weighted by molar-refractivity contribution is 0.386. The summed E-state index contributed by atoms with van der Waals surface area (Å²) in [6.07, 6.45) is 46.7. The summed E-state index contributed by atoms with van der Waals surface area (Å²) in [6.45, 7) is 2.37. The van der Waals surface area contributed by atoms with Crippen LogP contribution < -0.4 is 5.73 Å². The van der Waals surface area contributed by atoms with Crippen LogP contribution in [0.5, 0.6) is 0 Å². The van der Waals surface area contributed by atoms with Crippen molar-refractivity contribution in [3.05, 3.63) is 281 Å². The van der Waals surface area contributed by atoms with Crippen molar-refractivity contribution in [2.24, 2.45) is 17.6 Å². The Hall–Kier alpha value is -8.64. The van der Waals surface area contributed by atoms with Crippen LogP contribution in [0.3, 0.4) is 0 Å². The molecule has 6 aromatic carbocycles. The van der Waals surface area contributed by atoms with Crippen LogP contribution >= 0.6 is 45.8 Å². The number of aromatic nitrogens is 4. The first-order valence-electron chi connectivity index (χ1n) is 32.9. The number of hydrogen-bond acceptors (Lipinski definition) is 9. The molecule has 6 unspecified atom stereocenters. The van der Waals surface area contributed by atoms with Gasteiger partial charge in [0.25, 0.3) is 0 Å². The first-order chi connectivity index (χ1) is 45.4. The largest absolute Gasteiger partial charge is 0.401 e. The monoisotopic (exact) mass is 1260 g/mol. The van der Waals surface area contributed by atoms with Gasteiger partial charge in [-0.05, 0) is 207 Å². The van der Waals surface area contributed by atoms with Crippen LogP contribution in [0.1, 0.15) is 104 Å². The third-order valence-electron chi connectivity index (χ3n) is 20.4. The molecule has 4 aromatic heterocycles. The van der Waals surface area contributed by atoms with Crippen molar-refractivity contribution in [3.8, 4) is 42.8 Å². The summed E-state index contributed by atoms with van der Waals surface area (Å²) in [5, 5.41) is 3.74. The number of hydrogen-bond donors (Lipinski definition) is 1. The van der Waals surface area contributed by atoms with E-state index in [0.29, 0.717) is 11.2 Å². The van der Waals surface area contributed by atoms with Gasteiger partial charge in [-0.25, -0.2) is 15.0 Å². The van der Waals surface area contributed by atoms with Crippen LogP contribution in [0, 0.1) is 11.8 Å². The van der Waals surface area contributed by atoms with E-state index in [1.165, 1.54) is 105 Å². The van der Waals surface area contributed by atoms with E-state index in [2.05, 4.69) is 247 Å². The lowest BCUT2D eigenvalue weighted by Crippen LogP contribution is -2.33. The normalized spacial score (nSPS) is 22.5. The van der Waals surface area contributed by atoms with E-state index in [1.54, 1.807) is 34.0 Å². The molecule has 1 aliphatic heterocycles. The number of fused-ring (bicyclic) bond motifs is 6. The van der Waals surface area contributed by atoms with Gasteiger partial charge >= 0.3 is 0 Å². The van der Waals surface area contributed by atoms with E-state index in [4.69, 9.17) is 20.7 Å². The van der Waals surface area contributed by atoms with Crippen molar-refractivity contribution in [3.63, 3.8) is 0 Å². The highest BCUT2D eigenvalue weighted by molar-refractivity contribution is 8.00. The van der Waals surface area contributed by atoms with Gasteiger partial charge in [-0.2, -0.15) is 0 Å². The number of nitrogens with zero attached hydrogens (tertiary/aromatic N) is 5. The van der Waals surface area contributed by atoms with Gasteiger partial charge in [0.05, 0.1) is 48.1 Å². The zero-order valence-electron chi connectivity index (χ0n) is 51.3. The van der Waals surface area contributed by atoms with Crippen LogP contribution in [0.4, 0.5) is 0 Å². The molecule has 0 radical (unpaired) electrons. The first kappa shape index (κ1) is 56.1. The number of benzene rings is 6. The van der Waals surface area contributed by atoms with Gasteiger partial charge in [-0.15, -0.1) is 45.8 Å². The Kier molecular flexibility index (Phi) is 14.0. The van der Waals surface area contributed by atoms with Gasteiger partial charge in [0.2, 0.25) is 0 Å². The Morgan fingerprint density at radius 1 is 0.620 bits per heavy atom. The summed E-state index contributed by atoms with van der Waals surface area (Å²) in [7, 11) is 0. The first-order valence-corrected chi connectivity index (χ1v) is 36.3. The molecule has 8 aliphatic rings. The van der Waals surface area contributed by atoms with E-state index in [9.17, 15) is 0 Å².